The third-order valence-electron chi connectivity index (χ3n) is 4.30. The first-order valence-corrected chi connectivity index (χ1v) is 7.52. The number of piperidine rings is 1. The number of carbonyl (C=O) groups excluding carboxylic acids is 1. The third-order valence-corrected chi connectivity index (χ3v) is 4.30. The molecule has 3 N–H and O–H groups in total. The largest absolute Gasteiger partial charge is 0.359 e. The topological polar surface area (TPSA) is 58.4 Å². The van der Waals surface area contributed by atoms with E-state index in [0.717, 1.165) is 32.4 Å². The highest BCUT2D eigenvalue weighted by molar-refractivity contribution is 5.78. The minimum Gasteiger partial charge on any atom is -0.359 e. The lowest BCUT2D eigenvalue weighted by atomic mass is 9.79. The molecular formula is C15H31N3O. The molecule has 1 aliphatic rings. The Morgan fingerprint density at radius 1 is 1.37 bits per heavy atom. The molecule has 2 unspecified atom stereocenters. The van der Waals surface area contributed by atoms with Crippen molar-refractivity contribution in [1.82, 2.24) is 10.2 Å². The highest BCUT2D eigenvalue weighted by Crippen LogP contribution is 2.31. The van der Waals surface area contributed by atoms with Gasteiger partial charge in [-0.05, 0) is 37.8 Å². The molecule has 0 aliphatic carbocycles. The van der Waals surface area contributed by atoms with E-state index in [1.165, 1.54) is 0 Å². The molecule has 1 aliphatic heterocycles. The van der Waals surface area contributed by atoms with E-state index in [4.69, 9.17) is 5.73 Å². The van der Waals surface area contributed by atoms with Gasteiger partial charge in [-0.15, -0.1) is 0 Å². The van der Waals surface area contributed by atoms with Gasteiger partial charge in [0.1, 0.15) is 0 Å². The van der Waals surface area contributed by atoms with Crippen LogP contribution in [0.25, 0.3) is 0 Å². The number of nitrogens with zero attached hydrogens (tertiary/aromatic N) is 1. The van der Waals surface area contributed by atoms with E-state index < -0.39 is 0 Å². The molecule has 4 nitrogen and oxygen atoms in total. The maximum absolute atomic E-state index is 11.7. The summed E-state index contributed by atoms with van der Waals surface area (Å²) in [5.41, 5.74) is 6.51. The van der Waals surface area contributed by atoms with E-state index in [1.807, 2.05) is 0 Å². The number of amides is 1. The SMILES string of the molecule is CCC(N)C(N1CCC(C(=O)NC)CC1)C(C)(C)C. The molecule has 1 heterocycles. The molecule has 0 saturated carbocycles. The van der Waals surface area contributed by atoms with E-state index in [9.17, 15) is 4.79 Å². The monoisotopic (exact) mass is 269 g/mol. The van der Waals surface area contributed by atoms with Crippen molar-refractivity contribution in [2.75, 3.05) is 20.1 Å². The maximum atomic E-state index is 11.7. The summed E-state index contributed by atoms with van der Waals surface area (Å²) >= 11 is 0. The Morgan fingerprint density at radius 2 is 1.89 bits per heavy atom. The fourth-order valence-corrected chi connectivity index (χ4v) is 3.33. The van der Waals surface area contributed by atoms with Gasteiger partial charge in [0.25, 0.3) is 0 Å². The van der Waals surface area contributed by atoms with E-state index in [1.54, 1.807) is 7.05 Å². The lowest BCUT2D eigenvalue weighted by Gasteiger charge is -2.46. The van der Waals surface area contributed by atoms with Gasteiger partial charge in [-0.2, -0.15) is 0 Å². The Bertz CT molecular complexity index is 290. The number of nitrogens with two attached hydrogens (primary N) is 1. The molecule has 4 heteroatoms. The van der Waals surface area contributed by atoms with Crippen molar-refractivity contribution in [2.45, 2.75) is 59.0 Å². The van der Waals surface area contributed by atoms with Crippen molar-refractivity contribution in [3.8, 4) is 0 Å². The van der Waals surface area contributed by atoms with Gasteiger partial charge in [-0.25, -0.2) is 0 Å². The average Bonchev–Trinajstić information content (AvgIpc) is 2.37. The lowest BCUT2D eigenvalue weighted by Crippen LogP contribution is -2.57. The summed E-state index contributed by atoms with van der Waals surface area (Å²) in [5.74, 6) is 0.367. The van der Waals surface area contributed by atoms with E-state index in [2.05, 4.69) is 37.9 Å². The zero-order valence-corrected chi connectivity index (χ0v) is 13.2. The zero-order valence-electron chi connectivity index (χ0n) is 13.2. The minimum atomic E-state index is 0.176. The first-order valence-electron chi connectivity index (χ1n) is 7.52. The van der Waals surface area contributed by atoms with Gasteiger partial charge in [0.15, 0.2) is 0 Å². The number of likely N-dealkylation sites (tertiary alicyclic amines) is 1. The van der Waals surface area contributed by atoms with Crippen LogP contribution in [0.2, 0.25) is 0 Å². The van der Waals surface area contributed by atoms with E-state index in [-0.39, 0.29) is 23.3 Å². The fraction of sp³-hybridized carbons (Fsp3) is 0.933. The molecule has 1 rings (SSSR count). The number of hydrogen-bond donors (Lipinski definition) is 2. The molecule has 0 aromatic rings. The molecule has 1 fully saturated rings. The molecule has 1 amide bonds. The molecule has 19 heavy (non-hydrogen) atoms. The first kappa shape index (κ1) is 16.4. The van der Waals surface area contributed by atoms with Crippen molar-refractivity contribution in [1.29, 1.82) is 0 Å². The van der Waals surface area contributed by atoms with Crippen LogP contribution in [0.3, 0.4) is 0 Å². The standard InChI is InChI=1S/C15H31N3O/c1-6-12(16)13(15(2,3)4)18-9-7-11(8-10-18)14(19)17-5/h11-13H,6-10,16H2,1-5H3,(H,17,19). The molecule has 0 radical (unpaired) electrons. The van der Waals surface area contributed by atoms with Crippen molar-refractivity contribution in [3.63, 3.8) is 0 Å². The summed E-state index contributed by atoms with van der Waals surface area (Å²) in [7, 11) is 1.72. The number of hydrogen-bond acceptors (Lipinski definition) is 3. The normalized spacial score (nSPS) is 22.0. The van der Waals surface area contributed by atoms with Gasteiger partial charge in [-0.3, -0.25) is 9.69 Å². The van der Waals surface area contributed by atoms with Crippen LogP contribution < -0.4 is 11.1 Å². The van der Waals surface area contributed by atoms with Gasteiger partial charge in [-0.1, -0.05) is 27.7 Å². The van der Waals surface area contributed by atoms with Gasteiger partial charge < -0.3 is 11.1 Å². The van der Waals surface area contributed by atoms with Crippen LogP contribution >= 0.6 is 0 Å². The second kappa shape index (κ2) is 6.71. The van der Waals surface area contributed by atoms with Crippen LogP contribution in [-0.2, 0) is 4.79 Å². The Balaban J connectivity index is 2.67. The molecule has 0 spiro atoms. The smallest absolute Gasteiger partial charge is 0.222 e. The Morgan fingerprint density at radius 3 is 2.26 bits per heavy atom. The lowest BCUT2D eigenvalue weighted by molar-refractivity contribution is -0.126. The summed E-state index contributed by atoms with van der Waals surface area (Å²) in [5, 5.41) is 2.76. The van der Waals surface area contributed by atoms with Gasteiger partial charge in [0, 0.05) is 25.0 Å². The molecule has 112 valence electrons. The van der Waals surface area contributed by atoms with Crippen molar-refractivity contribution < 1.29 is 4.79 Å². The molecule has 0 bridgehead atoms. The Labute approximate surface area is 118 Å². The van der Waals surface area contributed by atoms with Gasteiger partial charge in [0.2, 0.25) is 5.91 Å². The predicted molar refractivity (Wildman–Crippen MR) is 79.9 cm³/mol. The zero-order chi connectivity index (χ0) is 14.6. The molecule has 1 saturated heterocycles. The average molecular weight is 269 g/mol. The highest BCUT2D eigenvalue weighted by Gasteiger charge is 2.37. The third kappa shape index (κ3) is 4.18. The number of carbonyl (C=O) groups is 1. The highest BCUT2D eigenvalue weighted by atomic mass is 16.1. The van der Waals surface area contributed by atoms with Gasteiger partial charge in [0.05, 0.1) is 0 Å². The molecule has 0 aromatic heterocycles. The summed E-state index contributed by atoms with van der Waals surface area (Å²) in [6, 6.07) is 0.597. The van der Waals surface area contributed by atoms with Crippen LogP contribution in [-0.4, -0.2) is 43.0 Å². The van der Waals surface area contributed by atoms with Crippen LogP contribution in [0.5, 0.6) is 0 Å². The molecule has 2 atom stereocenters. The maximum Gasteiger partial charge on any atom is 0.222 e. The Kier molecular flexibility index (Phi) is 5.81. The fourth-order valence-electron chi connectivity index (χ4n) is 3.33. The van der Waals surface area contributed by atoms with Crippen molar-refractivity contribution >= 4 is 5.91 Å². The summed E-state index contributed by atoms with van der Waals surface area (Å²) < 4.78 is 0. The van der Waals surface area contributed by atoms with Crippen LogP contribution in [0, 0.1) is 11.3 Å². The van der Waals surface area contributed by atoms with Crippen LogP contribution in [0.4, 0.5) is 0 Å². The van der Waals surface area contributed by atoms with Crippen LogP contribution in [0.1, 0.15) is 47.0 Å². The summed E-state index contributed by atoms with van der Waals surface area (Å²) in [4.78, 5) is 14.2. The van der Waals surface area contributed by atoms with Crippen molar-refractivity contribution in [3.05, 3.63) is 0 Å². The summed E-state index contributed by atoms with van der Waals surface area (Å²) in [6.07, 6.45) is 2.89. The molecule has 0 aromatic carbocycles. The first-order chi connectivity index (χ1) is 8.81. The predicted octanol–water partition coefficient (Wildman–Crippen LogP) is 1.60. The van der Waals surface area contributed by atoms with Crippen molar-refractivity contribution in [2.24, 2.45) is 17.1 Å². The van der Waals surface area contributed by atoms with Gasteiger partial charge >= 0.3 is 0 Å². The Hall–Kier alpha value is -0.610. The van der Waals surface area contributed by atoms with E-state index >= 15 is 0 Å². The summed E-state index contributed by atoms with van der Waals surface area (Å²) in [6.45, 7) is 10.9. The van der Waals surface area contributed by atoms with Crippen LogP contribution in [0.15, 0.2) is 0 Å². The number of rotatable bonds is 4. The number of nitrogens with one attached hydrogen (secondary N) is 1. The van der Waals surface area contributed by atoms with E-state index in [0.29, 0.717) is 6.04 Å². The minimum absolute atomic E-state index is 0.176. The molecular weight excluding hydrogens is 238 g/mol. The second-order valence-corrected chi connectivity index (χ2v) is 6.81. The second-order valence-electron chi connectivity index (χ2n) is 6.81. The quantitative estimate of drug-likeness (QED) is 0.815.